The predicted octanol–water partition coefficient (Wildman–Crippen LogP) is 2.56. The van der Waals surface area contributed by atoms with Crippen LogP contribution in [0.5, 0.6) is 5.75 Å². The third-order valence-electron chi connectivity index (χ3n) is 3.25. The van der Waals surface area contributed by atoms with Crippen LogP contribution in [0.15, 0.2) is 41.9 Å². The van der Waals surface area contributed by atoms with Crippen LogP contribution in [0.1, 0.15) is 5.56 Å². The van der Waals surface area contributed by atoms with Crippen molar-refractivity contribution >= 4 is 35.8 Å². The number of amides is 1. The van der Waals surface area contributed by atoms with Crippen molar-refractivity contribution in [3.8, 4) is 5.75 Å². The van der Waals surface area contributed by atoms with Crippen molar-refractivity contribution in [2.24, 2.45) is 4.99 Å². The second-order valence-electron chi connectivity index (χ2n) is 5.35. The molecule has 152 valence electrons. The van der Waals surface area contributed by atoms with E-state index in [-0.39, 0.29) is 36.5 Å². The highest BCUT2D eigenvalue weighted by Crippen LogP contribution is 2.17. The molecular weight excluding hydrogens is 476 g/mol. The van der Waals surface area contributed by atoms with E-state index in [0.29, 0.717) is 23.8 Å². The number of hydrogen-bond donors (Lipinski definition) is 2. The average molecular weight is 500 g/mol. The second-order valence-corrected chi connectivity index (χ2v) is 5.35. The predicted molar refractivity (Wildman–Crippen MR) is 109 cm³/mol. The highest BCUT2D eigenvalue weighted by atomic mass is 127. The van der Waals surface area contributed by atoms with Crippen molar-refractivity contribution in [3.05, 3.63) is 42.5 Å². The minimum Gasteiger partial charge on any atom is -0.489 e. The van der Waals surface area contributed by atoms with E-state index in [4.69, 9.17) is 4.74 Å². The van der Waals surface area contributed by atoms with Crippen molar-refractivity contribution in [2.75, 3.05) is 33.8 Å². The Hall–Kier alpha value is -1.98. The molecule has 0 bridgehead atoms. The van der Waals surface area contributed by atoms with Gasteiger partial charge >= 0.3 is 6.18 Å². The molecule has 0 saturated carbocycles. The zero-order chi connectivity index (χ0) is 19.6. The van der Waals surface area contributed by atoms with Gasteiger partial charge < -0.3 is 20.3 Å². The van der Waals surface area contributed by atoms with Gasteiger partial charge in [0.15, 0.2) is 5.96 Å². The number of para-hydroxylation sites is 1. The van der Waals surface area contributed by atoms with Crippen LogP contribution in [-0.2, 0) is 11.3 Å². The van der Waals surface area contributed by atoms with Crippen LogP contribution >= 0.6 is 24.0 Å². The first-order valence-corrected chi connectivity index (χ1v) is 7.83. The molecule has 10 heteroatoms. The van der Waals surface area contributed by atoms with Gasteiger partial charge in [-0.3, -0.25) is 9.79 Å². The molecule has 2 N–H and O–H groups in total. The Kier molecular flexibility index (Phi) is 11.5. The summed E-state index contributed by atoms with van der Waals surface area (Å²) in [5.41, 5.74) is 0.859. The van der Waals surface area contributed by atoms with Crippen LogP contribution in [0.25, 0.3) is 0 Å². The lowest BCUT2D eigenvalue weighted by atomic mass is 10.2. The molecule has 0 unspecified atom stereocenters. The van der Waals surface area contributed by atoms with E-state index in [2.05, 4.69) is 22.2 Å². The van der Waals surface area contributed by atoms with Crippen LogP contribution in [0, 0.1) is 0 Å². The molecule has 0 aliphatic rings. The summed E-state index contributed by atoms with van der Waals surface area (Å²) in [6.07, 6.45) is -2.80. The Balaban J connectivity index is 0.00000676. The SMILES string of the molecule is C=CCOc1ccccc1CNC(=NC)NCC(=O)N(C)CC(F)(F)F.I. The van der Waals surface area contributed by atoms with Gasteiger partial charge in [0, 0.05) is 26.2 Å². The molecule has 27 heavy (non-hydrogen) atoms. The monoisotopic (exact) mass is 500 g/mol. The lowest BCUT2D eigenvalue weighted by molar-refractivity contribution is -0.157. The fourth-order valence-corrected chi connectivity index (χ4v) is 1.99. The summed E-state index contributed by atoms with van der Waals surface area (Å²) in [5, 5.41) is 5.68. The van der Waals surface area contributed by atoms with Gasteiger partial charge in [-0.2, -0.15) is 13.2 Å². The standard InChI is InChI=1S/C17H23F3N4O2.HI/c1-4-9-26-14-8-6-5-7-13(14)10-22-16(21-2)23-11-15(25)24(3)12-17(18,19)20;/h4-8H,1,9-12H2,2-3H3,(H2,21,22,23);1H. The fourth-order valence-electron chi connectivity index (χ4n) is 1.99. The number of halogens is 4. The number of carbonyl (C=O) groups is 1. The molecule has 6 nitrogen and oxygen atoms in total. The van der Waals surface area contributed by atoms with Crippen LogP contribution in [0.4, 0.5) is 13.2 Å². The van der Waals surface area contributed by atoms with Crippen LogP contribution in [-0.4, -0.2) is 56.7 Å². The molecule has 0 aliphatic carbocycles. The van der Waals surface area contributed by atoms with E-state index in [0.717, 1.165) is 12.6 Å². The minimum atomic E-state index is -4.43. The fraction of sp³-hybridized carbons (Fsp3) is 0.412. The highest BCUT2D eigenvalue weighted by molar-refractivity contribution is 14.0. The molecular formula is C17H24F3IN4O2. The van der Waals surface area contributed by atoms with Gasteiger partial charge in [0.05, 0.1) is 6.54 Å². The molecule has 1 amide bonds. The van der Waals surface area contributed by atoms with Crippen LogP contribution < -0.4 is 15.4 Å². The summed E-state index contributed by atoms with van der Waals surface area (Å²) in [7, 11) is 2.60. The first-order chi connectivity index (χ1) is 12.3. The zero-order valence-electron chi connectivity index (χ0n) is 15.2. The van der Waals surface area contributed by atoms with Gasteiger partial charge in [-0.1, -0.05) is 30.9 Å². The Morgan fingerprint density at radius 3 is 2.59 bits per heavy atom. The van der Waals surface area contributed by atoms with Crippen LogP contribution in [0.2, 0.25) is 0 Å². The summed E-state index contributed by atoms with van der Waals surface area (Å²) in [5.74, 6) is 0.272. The molecule has 0 aliphatic heterocycles. The van der Waals surface area contributed by atoms with Gasteiger partial charge in [0.1, 0.15) is 18.9 Å². The van der Waals surface area contributed by atoms with Gasteiger partial charge in [-0.15, -0.1) is 24.0 Å². The number of ether oxygens (including phenoxy) is 1. The van der Waals surface area contributed by atoms with Crippen molar-refractivity contribution in [3.63, 3.8) is 0 Å². The molecule has 1 aromatic rings. The van der Waals surface area contributed by atoms with Gasteiger partial charge in [0.2, 0.25) is 5.91 Å². The second kappa shape index (κ2) is 12.4. The minimum absolute atomic E-state index is 0. The summed E-state index contributed by atoms with van der Waals surface area (Å²) < 4.78 is 42.4. The third kappa shape index (κ3) is 10.1. The lowest BCUT2D eigenvalue weighted by Crippen LogP contribution is -2.45. The summed E-state index contributed by atoms with van der Waals surface area (Å²) >= 11 is 0. The Bertz CT molecular complexity index is 639. The summed E-state index contributed by atoms with van der Waals surface area (Å²) in [6.45, 7) is 2.72. The topological polar surface area (TPSA) is 66.0 Å². The van der Waals surface area contributed by atoms with E-state index in [1.165, 1.54) is 7.05 Å². The first kappa shape index (κ1) is 25.0. The molecule has 0 fully saturated rings. The van der Waals surface area contributed by atoms with Crippen molar-refractivity contribution in [2.45, 2.75) is 12.7 Å². The molecule has 0 heterocycles. The maximum absolute atomic E-state index is 12.3. The third-order valence-corrected chi connectivity index (χ3v) is 3.25. The molecule has 0 atom stereocenters. The maximum atomic E-state index is 12.3. The average Bonchev–Trinajstić information content (AvgIpc) is 2.59. The number of nitrogens with one attached hydrogen (secondary N) is 2. The number of rotatable bonds is 8. The Morgan fingerprint density at radius 2 is 2.00 bits per heavy atom. The number of alkyl halides is 3. The van der Waals surface area contributed by atoms with Crippen molar-refractivity contribution in [1.29, 1.82) is 0 Å². The lowest BCUT2D eigenvalue weighted by Gasteiger charge is -2.20. The first-order valence-electron chi connectivity index (χ1n) is 7.83. The molecule has 1 rings (SSSR count). The molecule has 0 radical (unpaired) electrons. The smallest absolute Gasteiger partial charge is 0.406 e. The Labute approximate surface area is 173 Å². The van der Waals surface area contributed by atoms with Crippen LogP contribution in [0.3, 0.4) is 0 Å². The number of hydrogen-bond acceptors (Lipinski definition) is 3. The maximum Gasteiger partial charge on any atom is 0.406 e. The van der Waals surface area contributed by atoms with E-state index in [9.17, 15) is 18.0 Å². The van der Waals surface area contributed by atoms with Crippen molar-refractivity contribution < 1.29 is 22.7 Å². The van der Waals surface area contributed by atoms with E-state index in [1.807, 2.05) is 24.3 Å². The molecule has 0 saturated heterocycles. The largest absolute Gasteiger partial charge is 0.489 e. The number of likely N-dealkylation sites (N-methyl/N-ethyl adjacent to an activating group) is 1. The highest BCUT2D eigenvalue weighted by Gasteiger charge is 2.31. The molecule has 0 spiro atoms. The Morgan fingerprint density at radius 1 is 1.33 bits per heavy atom. The molecule has 1 aromatic carbocycles. The number of carbonyl (C=O) groups excluding carboxylic acids is 1. The van der Waals surface area contributed by atoms with E-state index in [1.54, 1.807) is 6.08 Å². The van der Waals surface area contributed by atoms with Crippen molar-refractivity contribution in [1.82, 2.24) is 15.5 Å². The zero-order valence-corrected chi connectivity index (χ0v) is 17.5. The van der Waals surface area contributed by atoms with E-state index < -0.39 is 18.6 Å². The number of guanidine groups is 1. The molecule has 0 aromatic heterocycles. The summed E-state index contributed by atoms with van der Waals surface area (Å²) in [4.78, 5) is 16.3. The number of aliphatic imine (C=N–C) groups is 1. The number of nitrogens with zero attached hydrogens (tertiary/aromatic N) is 2. The number of benzene rings is 1. The quantitative estimate of drug-likeness (QED) is 0.249. The van der Waals surface area contributed by atoms with Gasteiger partial charge in [-0.25, -0.2) is 0 Å². The van der Waals surface area contributed by atoms with E-state index >= 15 is 0 Å². The normalized spacial score (nSPS) is 11.2. The van der Waals surface area contributed by atoms with Gasteiger partial charge in [0.25, 0.3) is 0 Å². The summed E-state index contributed by atoms with van der Waals surface area (Å²) in [6, 6.07) is 7.36. The van der Waals surface area contributed by atoms with Gasteiger partial charge in [-0.05, 0) is 6.07 Å².